The average molecular weight is 492 g/mol. The van der Waals surface area contributed by atoms with Gasteiger partial charge >= 0.3 is 0 Å². The molecule has 194 valence electrons. The minimum Gasteiger partial charge on any atom is -0.370 e. The number of piperazine rings is 1. The topological polar surface area (TPSA) is 85.4 Å². The van der Waals surface area contributed by atoms with Gasteiger partial charge in [-0.15, -0.1) is 0 Å². The molecule has 36 heavy (non-hydrogen) atoms. The van der Waals surface area contributed by atoms with Crippen molar-refractivity contribution in [3.63, 3.8) is 0 Å². The Morgan fingerprint density at radius 3 is 2.58 bits per heavy atom. The van der Waals surface area contributed by atoms with Crippen LogP contribution in [-0.2, 0) is 11.2 Å². The number of hydrogen-bond donors (Lipinski definition) is 3. The Kier molecular flexibility index (Phi) is 7.90. The number of aromatic nitrogens is 2. The van der Waals surface area contributed by atoms with Crippen LogP contribution in [-0.4, -0.2) is 67.1 Å². The van der Waals surface area contributed by atoms with Crippen LogP contribution in [0.4, 0.5) is 23.1 Å². The highest BCUT2D eigenvalue weighted by Gasteiger charge is 2.28. The third-order valence-electron chi connectivity index (χ3n) is 7.84. The van der Waals surface area contributed by atoms with Crippen molar-refractivity contribution >= 4 is 29.0 Å². The zero-order chi connectivity index (χ0) is 24.9. The summed E-state index contributed by atoms with van der Waals surface area (Å²) in [4.78, 5) is 26.4. The van der Waals surface area contributed by atoms with Gasteiger partial charge in [0.05, 0.1) is 0 Å². The van der Waals surface area contributed by atoms with E-state index >= 15 is 0 Å². The number of aryl methyl sites for hydroxylation is 1. The van der Waals surface area contributed by atoms with Crippen LogP contribution >= 0.6 is 0 Å². The maximum Gasteiger partial charge on any atom is 0.229 e. The minimum absolute atomic E-state index is 0.221. The number of carbonyl (C=O) groups is 1. The summed E-state index contributed by atoms with van der Waals surface area (Å²) in [7, 11) is 2.19. The molecule has 0 spiro atoms. The molecule has 2 aromatic rings. The number of nitrogens with one attached hydrogen (secondary N) is 3. The lowest BCUT2D eigenvalue weighted by atomic mass is 9.85. The second-order valence-corrected chi connectivity index (χ2v) is 10.6. The molecule has 2 aliphatic carbocycles. The van der Waals surface area contributed by atoms with Crippen LogP contribution in [0.3, 0.4) is 0 Å². The second kappa shape index (κ2) is 11.5. The van der Waals surface area contributed by atoms with Crippen molar-refractivity contribution < 1.29 is 4.79 Å². The van der Waals surface area contributed by atoms with E-state index in [1.807, 2.05) is 6.20 Å². The second-order valence-electron chi connectivity index (χ2n) is 10.6. The molecule has 1 aromatic heterocycles. The molecule has 0 unspecified atom stereocenters. The summed E-state index contributed by atoms with van der Waals surface area (Å²) in [6.07, 6.45) is 9.50. The Hall–Kier alpha value is -2.87. The molecule has 1 aliphatic heterocycles. The molecule has 5 rings (SSSR count). The first-order valence-electron chi connectivity index (χ1n) is 13.8. The van der Waals surface area contributed by atoms with Crippen molar-refractivity contribution in [1.29, 1.82) is 0 Å². The zero-order valence-electron chi connectivity index (χ0n) is 21.9. The van der Waals surface area contributed by atoms with E-state index in [2.05, 4.69) is 62.9 Å². The standard InChI is InChI=1S/C28H41N7O/c1-3-20-18-23(35-16-14-34(2)15-17-35)10-11-25(20)32-28-31-19-24(21-8-9-21)26(33-28)29-12-5-13-30-27(36)22-6-4-7-22/h10-11,18-19,21-22H,3-9,12-17H2,1-2H3,(H,30,36)(H2,29,31,32,33). The number of amides is 1. The van der Waals surface area contributed by atoms with E-state index in [1.165, 1.54) is 36.1 Å². The highest BCUT2D eigenvalue weighted by molar-refractivity contribution is 5.79. The Balaban J connectivity index is 1.21. The first-order chi connectivity index (χ1) is 17.6. The minimum atomic E-state index is 0.221. The molecule has 0 bridgehead atoms. The Labute approximate surface area is 215 Å². The van der Waals surface area contributed by atoms with Gasteiger partial charge in [0.15, 0.2) is 0 Å². The van der Waals surface area contributed by atoms with Crippen molar-refractivity contribution in [3.05, 3.63) is 35.5 Å². The van der Waals surface area contributed by atoms with E-state index in [0.29, 0.717) is 18.4 Å². The van der Waals surface area contributed by atoms with Gasteiger partial charge in [0, 0.05) is 68.3 Å². The lowest BCUT2D eigenvalue weighted by molar-refractivity contribution is -0.127. The van der Waals surface area contributed by atoms with E-state index in [0.717, 1.165) is 69.9 Å². The van der Waals surface area contributed by atoms with Gasteiger partial charge in [-0.3, -0.25) is 4.79 Å². The quantitative estimate of drug-likeness (QED) is 0.408. The van der Waals surface area contributed by atoms with Crippen LogP contribution in [0.2, 0.25) is 0 Å². The van der Waals surface area contributed by atoms with Crippen LogP contribution in [0.15, 0.2) is 24.4 Å². The maximum absolute atomic E-state index is 12.0. The summed E-state index contributed by atoms with van der Waals surface area (Å²) >= 11 is 0. The molecule has 1 amide bonds. The van der Waals surface area contributed by atoms with Crippen molar-refractivity contribution in [2.45, 2.75) is 57.8 Å². The van der Waals surface area contributed by atoms with Gasteiger partial charge in [0.1, 0.15) is 5.82 Å². The number of carbonyl (C=O) groups excluding carboxylic acids is 1. The Morgan fingerprint density at radius 2 is 1.89 bits per heavy atom. The molecule has 0 radical (unpaired) electrons. The number of hydrogen-bond acceptors (Lipinski definition) is 7. The number of rotatable bonds is 11. The summed E-state index contributed by atoms with van der Waals surface area (Å²) in [6, 6.07) is 6.69. The fraction of sp³-hybridized carbons (Fsp3) is 0.607. The van der Waals surface area contributed by atoms with E-state index in [-0.39, 0.29) is 11.8 Å². The van der Waals surface area contributed by atoms with Crippen LogP contribution in [0.5, 0.6) is 0 Å². The van der Waals surface area contributed by atoms with Crippen LogP contribution < -0.4 is 20.9 Å². The summed E-state index contributed by atoms with van der Waals surface area (Å²) in [5.74, 6) is 2.58. The van der Waals surface area contributed by atoms with E-state index in [4.69, 9.17) is 4.98 Å². The molecule has 3 fully saturated rings. The van der Waals surface area contributed by atoms with Crippen LogP contribution in [0.1, 0.15) is 62.5 Å². The smallest absolute Gasteiger partial charge is 0.229 e. The monoisotopic (exact) mass is 491 g/mol. The predicted octanol–water partition coefficient (Wildman–Crippen LogP) is 4.13. The normalized spacial score (nSPS) is 18.6. The summed E-state index contributed by atoms with van der Waals surface area (Å²) in [5, 5.41) is 10.1. The highest BCUT2D eigenvalue weighted by atomic mass is 16.1. The lowest BCUT2D eigenvalue weighted by Gasteiger charge is -2.34. The van der Waals surface area contributed by atoms with E-state index in [9.17, 15) is 4.79 Å². The van der Waals surface area contributed by atoms with Crippen LogP contribution in [0.25, 0.3) is 0 Å². The van der Waals surface area contributed by atoms with Gasteiger partial charge < -0.3 is 25.8 Å². The average Bonchev–Trinajstić information content (AvgIpc) is 3.69. The van der Waals surface area contributed by atoms with Crippen LogP contribution in [0, 0.1) is 5.92 Å². The van der Waals surface area contributed by atoms with E-state index < -0.39 is 0 Å². The van der Waals surface area contributed by atoms with E-state index in [1.54, 1.807) is 0 Å². The molecular formula is C28H41N7O. The zero-order valence-corrected chi connectivity index (χ0v) is 21.9. The fourth-order valence-corrected chi connectivity index (χ4v) is 4.98. The number of likely N-dealkylation sites (N-methyl/N-ethyl adjacent to an activating group) is 1. The number of benzene rings is 1. The SMILES string of the molecule is CCc1cc(N2CCN(C)CC2)ccc1Nc1ncc(C2CC2)c(NCCCNC(=O)C2CCC2)n1. The molecule has 8 heteroatoms. The third-order valence-corrected chi connectivity index (χ3v) is 7.84. The van der Waals surface area contributed by atoms with Crippen molar-refractivity contribution in [3.8, 4) is 0 Å². The first kappa shape index (κ1) is 24.8. The molecule has 3 N–H and O–H groups in total. The molecule has 2 heterocycles. The van der Waals surface area contributed by atoms with Gasteiger partial charge in [-0.05, 0) is 75.3 Å². The molecule has 1 aromatic carbocycles. The maximum atomic E-state index is 12.0. The largest absolute Gasteiger partial charge is 0.370 e. The lowest BCUT2D eigenvalue weighted by Crippen LogP contribution is -2.44. The third kappa shape index (κ3) is 6.09. The molecule has 2 saturated carbocycles. The molecule has 1 saturated heterocycles. The van der Waals surface area contributed by atoms with Crippen molar-refractivity contribution in [2.75, 3.05) is 61.8 Å². The van der Waals surface area contributed by atoms with Gasteiger partial charge in [-0.2, -0.15) is 4.98 Å². The van der Waals surface area contributed by atoms with Gasteiger partial charge in [-0.1, -0.05) is 13.3 Å². The molecule has 3 aliphatic rings. The number of nitrogens with zero attached hydrogens (tertiary/aromatic N) is 4. The number of anilines is 4. The fourth-order valence-electron chi connectivity index (χ4n) is 4.98. The highest BCUT2D eigenvalue weighted by Crippen LogP contribution is 2.43. The van der Waals surface area contributed by atoms with Crippen molar-refractivity contribution in [1.82, 2.24) is 20.2 Å². The summed E-state index contributed by atoms with van der Waals surface area (Å²) in [5.41, 5.74) is 4.85. The van der Waals surface area contributed by atoms with Gasteiger partial charge in [0.25, 0.3) is 0 Å². The summed E-state index contributed by atoms with van der Waals surface area (Å²) in [6.45, 7) is 8.02. The first-order valence-corrected chi connectivity index (χ1v) is 13.8. The molecular weight excluding hydrogens is 450 g/mol. The summed E-state index contributed by atoms with van der Waals surface area (Å²) < 4.78 is 0. The molecule has 0 atom stereocenters. The van der Waals surface area contributed by atoms with Gasteiger partial charge in [-0.25, -0.2) is 4.98 Å². The van der Waals surface area contributed by atoms with Gasteiger partial charge in [0.2, 0.25) is 11.9 Å². The molecule has 8 nitrogen and oxygen atoms in total. The Bertz CT molecular complexity index is 1040. The van der Waals surface area contributed by atoms with Crippen molar-refractivity contribution in [2.24, 2.45) is 5.92 Å². The predicted molar refractivity (Wildman–Crippen MR) is 146 cm³/mol. The Morgan fingerprint density at radius 1 is 1.08 bits per heavy atom.